The van der Waals surface area contributed by atoms with Crippen molar-refractivity contribution in [2.45, 2.75) is 64.1 Å². The minimum absolute atomic E-state index is 0.0199. The third-order valence-corrected chi connectivity index (χ3v) is 6.27. The van der Waals surface area contributed by atoms with E-state index in [4.69, 9.17) is 16.6 Å². The van der Waals surface area contributed by atoms with Crippen LogP contribution in [0.5, 0.6) is 0 Å². The fourth-order valence-corrected chi connectivity index (χ4v) is 4.58. The second kappa shape index (κ2) is 8.31. The van der Waals surface area contributed by atoms with Gasteiger partial charge in [-0.2, -0.15) is 0 Å². The first-order valence-electron chi connectivity index (χ1n) is 9.97. The third-order valence-electron chi connectivity index (χ3n) is 6.27. The van der Waals surface area contributed by atoms with E-state index < -0.39 is 17.9 Å². The highest BCUT2D eigenvalue weighted by molar-refractivity contribution is 6.01. The molecule has 152 valence electrons. The van der Waals surface area contributed by atoms with Gasteiger partial charge in [0, 0.05) is 24.6 Å². The Labute approximate surface area is 165 Å². The van der Waals surface area contributed by atoms with E-state index in [0.717, 1.165) is 24.0 Å². The molecule has 2 amide bonds. The van der Waals surface area contributed by atoms with Gasteiger partial charge in [-0.15, -0.1) is 0 Å². The normalized spacial score (nSPS) is 25.4. The zero-order valence-corrected chi connectivity index (χ0v) is 16.3. The van der Waals surface area contributed by atoms with Crippen LogP contribution in [0.2, 0.25) is 0 Å². The molecule has 0 saturated heterocycles. The van der Waals surface area contributed by atoms with Gasteiger partial charge in [0.1, 0.15) is 6.04 Å². The van der Waals surface area contributed by atoms with Crippen molar-refractivity contribution in [1.82, 2.24) is 4.90 Å². The molecule has 1 aromatic rings. The van der Waals surface area contributed by atoms with Crippen molar-refractivity contribution in [3.8, 4) is 0 Å². The van der Waals surface area contributed by atoms with Crippen LogP contribution in [0.1, 0.15) is 60.5 Å². The summed E-state index contributed by atoms with van der Waals surface area (Å²) in [4.78, 5) is 36.8. The van der Waals surface area contributed by atoms with Crippen molar-refractivity contribution in [3.05, 3.63) is 34.9 Å². The number of fused-ring (bicyclic) bond motifs is 1. The Bertz CT molecular complexity index is 779. The molecule has 1 fully saturated rings. The maximum atomic E-state index is 12.7. The number of hydrogen-bond donors (Lipinski definition) is 3. The summed E-state index contributed by atoms with van der Waals surface area (Å²) < 4.78 is 0. The summed E-state index contributed by atoms with van der Waals surface area (Å²) >= 11 is 0. The minimum atomic E-state index is -1.02. The van der Waals surface area contributed by atoms with E-state index in [1.807, 2.05) is 12.1 Å². The molecular weight excluding hydrogens is 358 g/mol. The van der Waals surface area contributed by atoms with Crippen LogP contribution >= 0.6 is 0 Å². The Balaban J connectivity index is 1.74. The number of carboxylic acids is 1. The first kappa shape index (κ1) is 20.3. The molecule has 28 heavy (non-hydrogen) atoms. The lowest BCUT2D eigenvalue weighted by atomic mass is 9.75. The molecule has 7 heteroatoms. The summed E-state index contributed by atoms with van der Waals surface area (Å²) in [5.74, 6) is -1.00. The molecule has 1 aliphatic carbocycles. The van der Waals surface area contributed by atoms with Gasteiger partial charge in [-0.1, -0.05) is 25.5 Å². The Morgan fingerprint density at radius 3 is 2.75 bits per heavy atom. The number of hydrogen-bond acceptors (Lipinski definition) is 4. The van der Waals surface area contributed by atoms with Crippen molar-refractivity contribution in [3.63, 3.8) is 0 Å². The van der Waals surface area contributed by atoms with Crippen LogP contribution in [-0.4, -0.2) is 39.9 Å². The average Bonchev–Trinajstić information content (AvgIpc) is 2.95. The lowest BCUT2D eigenvalue weighted by Crippen LogP contribution is -2.45. The summed E-state index contributed by atoms with van der Waals surface area (Å²) in [7, 11) is 0. The zero-order valence-electron chi connectivity index (χ0n) is 16.3. The van der Waals surface area contributed by atoms with Crippen molar-refractivity contribution in [1.29, 1.82) is 0 Å². The lowest BCUT2D eigenvalue weighted by Gasteiger charge is -2.34. The number of benzene rings is 1. The highest BCUT2D eigenvalue weighted by Crippen LogP contribution is 2.32. The molecule has 1 aromatic carbocycles. The van der Waals surface area contributed by atoms with Crippen molar-refractivity contribution in [2.24, 2.45) is 23.3 Å². The standard InChI is InChI=1S/C21H29N3O4/c1-12-3-2-4-14(19(12)22)9-13-5-6-16-15(10-13)11-24(21(16)28)17(20(23)27)7-8-18(25)26/h5-6,10,12,14,17,19H,2-4,7-9,11,22H2,1H3,(H2,23,27)(H,25,26)/t12-,14+,17-,19-/m0/s1. The summed E-state index contributed by atoms with van der Waals surface area (Å²) in [6.07, 6.45) is 4.18. The molecule has 5 N–H and O–H groups in total. The van der Waals surface area contributed by atoms with Gasteiger partial charge in [0.25, 0.3) is 5.91 Å². The molecule has 1 saturated carbocycles. The zero-order chi connectivity index (χ0) is 20.4. The number of carbonyl (C=O) groups excluding carboxylic acids is 2. The second-order valence-corrected chi connectivity index (χ2v) is 8.22. The average molecular weight is 387 g/mol. The highest BCUT2D eigenvalue weighted by atomic mass is 16.4. The fourth-order valence-electron chi connectivity index (χ4n) is 4.58. The molecule has 0 radical (unpaired) electrons. The number of amides is 2. The van der Waals surface area contributed by atoms with Crippen LogP contribution < -0.4 is 11.5 Å². The number of rotatable bonds is 7. The van der Waals surface area contributed by atoms with E-state index >= 15 is 0 Å². The summed E-state index contributed by atoms with van der Waals surface area (Å²) in [6, 6.07) is 5.07. The predicted octanol–water partition coefficient (Wildman–Crippen LogP) is 1.67. The predicted molar refractivity (Wildman–Crippen MR) is 104 cm³/mol. The van der Waals surface area contributed by atoms with E-state index in [9.17, 15) is 14.4 Å². The van der Waals surface area contributed by atoms with Crippen molar-refractivity contribution >= 4 is 17.8 Å². The van der Waals surface area contributed by atoms with Crippen molar-refractivity contribution in [2.75, 3.05) is 0 Å². The SMILES string of the molecule is C[C@H]1CCC[C@H](Cc2ccc3c(c2)CN([C@@H](CCC(=O)O)C(N)=O)C3=O)[C@H]1N. The number of carboxylic acid groups (broad SMARTS) is 1. The molecular formula is C21H29N3O4. The van der Waals surface area contributed by atoms with Crippen LogP contribution in [0, 0.1) is 11.8 Å². The van der Waals surface area contributed by atoms with Crippen LogP contribution in [0.15, 0.2) is 18.2 Å². The first-order valence-corrected chi connectivity index (χ1v) is 9.97. The van der Waals surface area contributed by atoms with Crippen molar-refractivity contribution < 1.29 is 19.5 Å². The van der Waals surface area contributed by atoms with E-state index in [1.54, 1.807) is 6.07 Å². The molecule has 2 aliphatic rings. The molecule has 1 heterocycles. The highest BCUT2D eigenvalue weighted by Gasteiger charge is 2.36. The number of carbonyl (C=O) groups is 3. The van der Waals surface area contributed by atoms with Crippen LogP contribution in [0.25, 0.3) is 0 Å². The van der Waals surface area contributed by atoms with Gasteiger partial charge in [-0.25, -0.2) is 0 Å². The molecule has 7 nitrogen and oxygen atoms in total. The first-order chi connectivity index (χ1) is 13.3. The third kappa shape index (κ3) is 4.19. The van der Waals surface area contributed by atoms with Gasteiger partial charge in [0.15, 0.2) is 0 Å². The Morgan fingerprint density at radius 2 is 2.07 bits per heavy atom. The molecule has 0 aromatic heterocycles. The van der Waals surface area contributed by atoms with E-state index in [-0.39, 0.29) is 31.3 Å². The number of nitrogens with two attached hydrogens (primary N) is 2. The summed E-state index contributed by atoms with van der Waals surface area (Å²) in [5, 5.41) is 8.89. The maximum absolute atomic E-state index is 12.7. The Hall–Kier alpha value is -2.41. The molecule has 1 aliphatic heterocycles. The van der Waals surface area contributed by atoms with Gasteiger partial charge < -0.3 is 21.5 Å². The maximum Gasteiger partial charge on any atom is 0.303 e. The molecule has 3 rings (SSSR count). The second-order valence-electron chi connectivity index (χ2n) is 8.22. The fraction of sp³-hybridized carbons (Fsp3) is 0.571. The Morgan fingerprint density at radius 1 is 1.32 bits per heavy atom. The van der Waals surface area contributed by atoms with Gasteiger partial charge >= 0.3 is 5.97 Å². The number of aliphatic carboxylic acids is 1. The van der Waals surface area contributed by atoms with Gasteiger partial charge in [-0.05, 0) is 54.7 Å². The molecule has 4 atom stereocenters. The largest absolute Gasteiger partial charge is 0.481 e. The van der Waals surface area contributed by atoms with Crippen LogP contribution in [0.3, 0.4) is 0 Å². The van der Waals surface area contributed by atoms with Gasteiger partial charge in [0.2, 0.25) is 5.91 Å². The molecule has 0 spiro atoms. The summed E-state index contributed by atoms with van der Waals surface area (Å²) in [6.45, 7) is 2.49. The Kier molecular flexibility index (Phi) is 6.03. The minimum Gasteiger partial charge on any atom is -0.481 e. The smallest absolute Gasteiger partial charge is 0.303 e. The van der Waals surface area contributed by atoms with E-state index in [2.05, 4.69) is 6.92 Å². The summed E-state index contributed by atoms with van der Waals surface area (Å²) in [5.41, 5.74) is 14.4. The van der Waals surface area contributed by atoms with E-state index in [0.29, 0.717) is 17.4 Å². The van der Waals surface area contributed by atoms with Gasteiger partial charge in [-0.3, -0.25) is 14.4 Å². The lowest BCUT2D eigenvalue weighted by molar-refractivity contribution is -0.137. The van der Waals surface area contributed by atoms with Crippen LogP contribution in [0.4, 0.5) is 0 Å². The van der Waals surface area contributed by atoms with E-state index in [1.165, 1.54) is 17.7 Å². The quantitative estimate of drug-likeness (QED) is 0.656. The topological polar surface area (TPSA) is 127 Å². The molecule has 0 unspecified atom stereocenters. The molecule has 0 bridgehead atoms. The van der Waals surface area contributed by atoms with Crippen LogP contribution in [-0.2, 0) is 22.6 Å². The number of nitrogens with zero attached hydrogens (tertiary/aromatic N) is 1. The number of primary amides is 1. The van der Waals surface area contributed by atoms with Gasteiger partial charge in [0.05, 0.1) is 0 Å². The monoisotopic (exact) mass is 387 g/mol.